The maximum Gasteiger partial charge on any atom is 0.269 e. The van der Waals surface area contributed by atoms with Crippen LogP contribution in [0.1, 0.15) is 11.5 Å². The lowest BCUT2D eigenvalue weighted by Crippen LogP contribution is -2.31. The normalized spacial score (nSPS) is 11.3. The van der Waals surface area contributed by atoms with Crippen LogP contribution in [-0.4, -0.2) is 18.3 Å². The molecule has 3 aromatic carbocycles. The first-order valence-electron chi connectivity index (χ1n) is 9.70. The fourth-order valence-corrected chi connectivity index (χ4v) is 4.66. The largest absolute Gasteiger partial charge is 0.439 e. The van der Waals surface area contributed by atoms with E-state index in [9.17, 15) is 18.5 Å². The number of nitro groups is 1. The van der Waals surface area contributed by atoms with E-state index in [1.807, 2.05) is 60.7 Å². The average Bonchev–Trinajstić information content (AvgIpc) is 3.19. The molecule has 4 aromatic rings. The Kier molecular flexibility index (Phi) is 5.74. The number of aryl methyl sites for hydroxylation is 1. The molecule has 8 nitrogen and oxygen atoms in total. The van der Waals surface area contributed by atoms with Gasteiger partial charge in [-0.05, 0) is 17.7 Å². The van der Waals surface area contributed by atoms with E-state index in [1.54, 1.807) is 6.92 Å². The molecule has 162 valence electrons. The van der Waals surface area contributed by atoms with E-state index < -0.39 is 14.9 Å². The van der Waals surface area contributed by atoms with Crippen molar-refractivity contribution in [1.29, 1.82) is 0 Å². The summed E-state index contributed by atoms with van der Waals surface area (Å²) in [5.41, 5.74) is 1.23. The number of anilines is 1. The monoisotopic (exact) mass is 449 g/mol. The Balaban J connectivity index is 1.86. The van der Waals surface area contributed by atoms with Crippen LogP contribution in [-0.2, 0) is 16.6 Å². The first-order valence-corrected chi connectivity index (χ1v) is 11.1. The molecule has 0 saturated heterocycles. The maximum atomic E-state index is 13.7. The standard InChI is InChI=1S/C23H19N3O5S/c1-17-24-23(22(31-17)19-10-6-3-7-11-19)25(16-18-8-4-2-5-9-18)32(29,30)21-14-12-20(13-15-21)26(27)28/h2-15H,16H2,1H3. The highest BCUT2D eigenvalue weighted by molar-refractivity contribution is 7.92. The Hall–Kier alpha value is -3.98. The molecule has 0 radical (unpaired) electrons. The number of rotatable bonds is 7. The van der Waals surface area contributed by atoms with Crippen LogP contribution in [0.15, 0.2) is 94.2 Å². The minimum absolute atomic E-state index is 0.00592. The number of hydrogen-bond acceptors (Lipinski definition) is 6. The SMILES string of the molecule is Cc1nc(N(Cc2ccccc2)S(=O)(=O)c2ccc([N+](=O)[O-])cc2)c(-c2ccccc2)o1. The molecule has 4 rings (SSSR count). The van der Waals surface area contributed by atoms with E-state index in [2.05, 4.69) is 4.98 Å². The van der Waals surface area contributed by atoms with Gasteiger partial charge < -0.3 is 4.42 Å². The molecule has 1 heterocycles. The summed E-state index contributed by atoms with van der Waals surface area (Å²) in [6, 6.07) is 23.0. The zero-order chi connectivity index (χ0) is 22.7. The van der Waals surface area contributed by atoms with Crippen LogP contribution < -0.4 is 4.31 Å². The fourth-order valence-electron chi connectivity index (χ4n) is 3.25. The van der Waals surface area contributed by atoms with Gasteiger partial charge in [0.1, 0.15) is 0 Å². The molecule has 0 fully saturated rings. The number of oxazole rings is 1. The zero-order valence-electron chi connectivity index (χ0n) is 17.1. The Labute approximate surface area is 185 Å². The van der Waals surface area contributed by atoms with Gasteiger partial charge in [-0.1, -0.05) is 60.7 Å². The third-order valence-corrected chi connectivity index (χ3v) is 6.54. The predicted octanol–water partition coefficient (Wildman–Crippen LogP) is 4.95. The number of hydrogen-bond donors (Lipinski definition) is 0. The third-order valence-electron chi connectivity index (χ3n) is 4.79. The minimum Gasteiger partial charge on any atom is -0.439 e. The van der Waals surface area contributed by atoms with Crippen molar-refractivity contribution in [3.05, 3.63) is 106 Å². The van der Waals surface area contributed by atoms with E-state index in [-0.39, 0.29) is 22.9 Å². The number of aromatic nitrogens is 1. The quantitative estimate of drug-likeness (QED) is 0.292. The molecule has 1 aromatic heterocycles. The molecule has 0 aliphatic heterocycles. The third kappa shape index (κ3) is 4.23. The van der Waals surface area contributed by atoms with Gasteiger partial charge in [0.2, 0.25) is 0 Å². The minimum atomic E-state index is -4.12. The topological polar surface area (TPSA) is 107 Å². The first-order chi connectivity index (χ1) is 15.4. The van der Waals surface area contributed by atoms with Gasteiger partial charge in [0.15, 0.2) is 17.5 Å². The molecular weight excluding hydrogens is 430 g/mol. The molecule has 0 amide bonds. The lowest BCUT2D eigenvalue weighted by Gasteiger charge is -2.23. The molecular formula is C23H19N3O5S. The second-order valence-corrected chi connectivity index (χ2v) is 8.86. The van der Waals surface area contributed by atoms with E-state index in [1.165, 1.54) is 28.6 Å². The van der Waals surface area contributed by atoms with Crippen molar-refractivity contribution in [3.63, 3.8) is 0 Å². The number of nitro benzene ring substituents is 1. The average molecular weight is 449 g/mol. The molecule has 9 heteroatoms. The summed E-state index contributed by atoms with van der Waals surface area (Å²) in [6.07, 6.45) is 0. The summed E-state index contributed by atoms with van der Waals surface area (Å²) < 4.78 is 34.3. The molecule has 0 bridgehead atoms. The van der Waals surface area contributed by atoms with Crippen molar-refractivity contribution in [2.75, 3.05) is 4.31 Å². The Morgan fingerprint density at radius 2 is 1.53 bits per heavy atom. The summed E-state index contributed by atoms with van der Waals surface area (Å²) in [4.78, 5) is 14.7. The van der Waals surface area contributed by atoms with Crippen molar-refractivity contribution in [3.8, 4) is 11.3 Å². The molecule has 32 heavy (non-hydrogen) atoms. The van der Waals surface area contributed by atoms with Gasteiger partial charge >= 0.3 is 0 Å². The van der Waals surface area contributed by atoms with Gasteiger partial charge in [-0.2, -0.15) is 4.98 Å². The number of benzene rings is 3. The van der Waals surface area contributed by atoms with Gasteiger partial charge in [-0.25, -0.2) is 12.7 Å². The van der Waals surface area contributed by atoms with Crippen LogP contribution in [0.2, 0.25) is 0 Å². The van der Waals surface area contributed by atoms with Crippen molar-refractivity contribution in [2.45, 2.75) is 18.4 Å². The smallest absolute Gasteiger partial charge is 0.269 e. The first kappa shape index (κ1) is 21.3. The highest BCUT2D eigenvalue weighted by Crippen LogP contribution is 2.35. The highest BCUT2D eigenvalue weighted by Gasteiger charge is 2.31. The number of non-ortho nitro benzene ring substituents is 1. The second-order valence-electron chi connectivity index (χ2n) is 7.00. The molecule has 0 spiro atoms. The summed E-state index contributed by atoms with van der Waals surface area (Å²) in [5, 5.41) is 11.0. The van der Waals surface area contributed by atoms with Crippen LogP contribution in [0.3, 0.4) is 0 Å². The van der Waals surface area contributed by atoms with E-state index in [4.69, 9.17) is 4.42 Å². The summed E-state index contributed by atoms with van der Waals surface area (Å²) in [7, 11) is -4.12. The van der Waals surface area contributed by atoms with Crippen molar-refractivity contribution >= 4 is 21.5 Å². The van der Waals surface area contributed by atoms with Crippen molar-refractivity contribution in [1.82, 2.24) is 4.98 Å². The highest BCUT2D eigenvalue weighted by atomic mass is 32.2. The molecule has 0 aliphatic carbocycles. The van der Waals surface area contributed by atoms with Crippen molar-refractivity contribution in [2.24, 2.45) is 0 Å². The predicted molar refractivity (Wildman–Crippen MR) is 120 cm³/mol. The van der Waals surface area contributed by atoms with Gasteiger partial charge in [-0.3, -0.25) is 10.1 Å². The second kappa shape index (κ2) is 8.64. The molecule has 0 atom stereocenters. The summed E-state index contributed by atoms with van der Waals surface area (Å²) in [6.45, 7) is 1.65. The molecule has 0 saturated carbocycles. The van der Waals surface area contributed by atoms with Crippen LogP contribution >= 0.6 is 0 Å². The molecule has 0 aliphatic rings. The Morgan fingerprint density at radius 1 is 0.938 bits per heavy atom. The van der Waals surface area contributed by atoms with Gasteiger partial charge in [0.05, 0.1) is 16.4 Å². The Morgan fingerprint density at radius 3 is 2.12 bits per heavy atom. The fraction of sp³-hybridized carbons (Fsp3) is 0.0870. The zero-order valence-corrected chi connectivity index (χ0v) is 17.9. The molecule has 0 N–H and O–H groups in total. The number of sulfonamides is 1. The van der Waals surface area contributed by atoms with Crippen molar-refractivity contribution < 1.29 is 17.8 Å². The van der Waals surface area contributed by atoms with E-state index >= 15 is 0 Å². The van der Waals surface area contributed by atoms with Crippen LogP contribution in [0.25, 0.3) is 11.3 Å². The van der Waals surface area contributed by atoms with E-state index in [0.29, 0.717) is 17.2 Å². The Bertz CT molecular complexity index is 1340. The van der Waals surface area contributed by atoms with Crippen LogP contribution in [0, 0.1) is 17.0 Å². The maximum absolute atomic E-state index is 13.7. The van der Waals surface area contributed by atoms with Gasteiger partial charge in [0, 0.05) is 24.6 Å². The molecule has 0 unspecified atom stereocenters. The van der Waals surface area contributed by atoms with Gasteiger partial charge in [0.25, 0.3) is 15.7 Å². The summed E-state index contributed by atoms with van der Waals surface area (Å²) >= 11 is 0. The number of nitrogens with zero attached hydrogens (tertiary/aromatic N) is 3. The van der Waals surface area contributed by atoms with Crippen LogP contribution in [0.5, 0.6) is 0 Å². The van der Waals surface area contributed by atoms with E-state index in [0.717, 1.165) is 5.56 Å². The lowest BCUT2D eigenvalue weighted by molar-refractivity contribution is -0.384. The van der Waals surface area contributed by atoms with Gasteiger partial charge in [-0.15, -0.1) is 0 Å². The lowest BCUT2D eigenvalue weighted by atomic mass is 10.1. The van der Waals surface area contributed by atoms with Crippen LogP contribution in [0.4, 0.5) is 11.5 Å². The summed E-state index contributed by atoms with van der Waals surface area (Å²) in [5.74, 6) is 0.788.